The maximum Gasteiger partial charge on any atom is 0.0248 e. The summed E-state index contributed by atoms with van der Waals surface area (Å²) in [6.07, 6.45) is 8.48. The molecule has 0 heterocycles. The minimum atomic E-state index is 0.625. The number of hydrogen-bond donors (Lipinski definition) is 0. The molecule has 0 amide bonds. The van der Waals surface area contributed by atoms with Crippen LogP contribution >= 0.6 is 0 Å². The molecular formula is C22H28. The summed E-state index contributed by atoms with van der Waals surface area (Å²) in [6, 6.07) is 7.00. The lowest BCUT2D eigenvalue weighted by Gasteiger charge is -2.50. The third-order valence-corrected chi connectivity index (χ3v) is 7.47. The molecule has 2 saturated carbocycles. The van der Waals surface area contributed by atoms with Crippen molar-refractivity contribution in [1.82, 2.24) is 0 Å². The molecular weight excluding hydrogens is 264 g/mol. The highest BCUT2D eigenvalue weighted by molar-refractivity contribution is 5.44. The minimum Gasteiger partial charge on any atom is -0.101 e. The van der Waals surface area contributed by atoms with E-state index in [4.69, 9.17) is 0 Å². The number of aryl methyl sites for hydroxylation is 1. The van der Waals surface area contributed by atoms with Crippen LogP contribution in [0.2, 0.25) is 0 Å². The maximum atomic E-state index is 3.26. The van der Waals surface area contributed by atoms with Crippen LogP contribution in [-0.4, -0.2) is 0 Å². The van der Waals surface area contributed by atoms with Crippen molar-refractivity contribution in [1.29, 1.82) is 0 Å². The van der Waals surface area contributed by atoms with Gasteiger partial charge in [0, 0.05) is 5.56 Å². The molecule has 0 aromatic heterocycles. The molecule has 5 unspecified atom stereocenters. The van der Waals surface area contributed by atoms with Crippen LogP contribution < -0.4 is 0 Å². The van der Waals surface area contributed by atoms with E-state index in [1.807, 2.05) is 6.92 Å². The number of benzene rings is 1. The maximum absolute atomic E-state index is 3.26. The van der Waals surface area contributed by atoms with Crippen LogP contribution in [0.15, 0.2) is 18.2 Å². The molecule has 0 saturated heterocycles. The highest BCUT2D eigenvalue weighted by Gasteiger charge is 2.53. The average molecular weight is 292 g/mol. The summed E-state index contributed by atoms with van der Waals surface area (Å²) < 4.78 is 0. The Bertz CT molecular complexity index is 644. The second-order valence-electron chi connectivity index (χ2n) is 8.23. The van der Waals surface area contributed by atoms with E-state index in [1.165, 1.54) is 44.1 Å². The molecule has 0 bridgehead atoms. The van der Waals surface area contributed by atoms with Gasteiger partial charge in [-0.2, -0.15) is 0 Å². The van der Waals surface area contributed by atoms with Gasteiger partial charge in [-0.25, -0.2) is 0 Å². The van der Waals surface area contributed by atoms with Crippen molar-refractivity contribution in [2.45, 2.75) is 65.2 Å². The zero-order chi connectivity index (χ0) is 15.3. The van der Waals surface area contributed by atoms with E-state index in [9.17, 15) is 0 Å². The summed E-state index contributed by atoms with van der Waals surface area (Å²) in [5.74, 6) is 9.96. The molecule has 3 aliphatic rings. The van der Waals surface area contributed by atoms with Gasteiger partial charge in [0.2, 0.25) is 0 Å². The fourth-order valence-electron chi connectivity index (χ4n) is 6.05. The van der Waals surface area contributed by atoms with Gasteiger partial charge in [0.1, 0.15) is 0 Å². The zero-order valence-electron chi connectivity index (χ0n) is 14.3. The van der Waals surface area contributed by atoms with Crippen LogP contribution in [0.5, 0.6) is 0 Å². The van der Waals surface area contributed by atoms with Crippen LogP contribution in [0.3, 0.4) is 0 Å². The first-order chi connectivity index (χ1) is 10.6. The van der Waals surface area contributed by atoms with E-state index < -0.39 is 0 Å². The largest absolute Gasteiger partial charge is 0.101 e. The van der Waals surface area contributed by atoms with Crippen LogP contribution in [0.25, 0.3) is 0 Å². The van der Waals surface area contributed by atoms with Crippen molar-refractivity contribution in [3.63, 3.8) is 0 Å². The van der Waals surface area contributed by atoms with E-state index in [-0.39, 0.29) is 0 Å². The summed E-state index contributed by atoms with van der Waals surface area (Å²) in [5, 5.41) is 0. The molecule has 0 heteroatoms. The van der Waals surface area contributed by atoms with E-state index in [0.717, 1.165) is 23.7 Å². The Morgan fingerprint density at radius 1 is 1.14 bits per heavy atom. The third-order valence-electron chi connectivity index (χ3n) is 7.47. The smallest absolute Gasteiger partial charge is 0.0248 e. The lowest BCUT2D eigenvalue weighted by Crippen LogP contribution is -2.41. The van der Waals surface area contributed by atoms with E-state index >= 15 is 0 Å². The lowest BCUT2D eigenvalue weighted by molar-refractivity contribution is 0.0337. The molecule has 0 spiro atoms. The molecule has 22 heavy (non-hydrogen) atoms. The Hall–Kier alpha value is -1.22. The van der Waals surface area contributed by atoms with Gasteiger partial charge in [-0.05, 0) is 97.8 Å². The fourth-order valence-corrected chi connectivity index (χ4v) is 6.05. The molecule has 116 valence electrons. The van der Waals surface area contributed by atoms with Gasteiger partial charge in [-0.3, -0.25) is 0 Å². The van der Waals surface area contributed by atoms with Crippen molar-refractivity contribution < 1.29 is 0 Å². The molecule has 0 nitrogen and oxygen atoms in total. The summed E-state index contributed by atoms with van der Waals surface area (Å²) in [7, 11) is 0. The fraction of sp³-hybridized carbons (Fsp3) is 0.636. The number of rotatable bonds is 0. The van der Waals surface area contributed by atoms with Crippen LogP contribution in [-0.2, 0) is 6.42 Å². The number of hydrogen-bond acceptors (Lipinski definition) is 0. The normalized spacial score (nSPS) is 39.2. The SMILES string of the molecule is CC#Cc1ccc2c(c1)C1CCC3(C)C(C)CCC3C1CC2. The highest BCUT2D eigenvalue weighted by atomic mass is 14.6. The molecule has 4 rings (SSSR count). The average Bonchev–Trinajstić information content (AvgIpc) is 2.83. The van der Waals surface area contributed by atoms with E-state index in [0.29, 0.717) is 5.41 Å². The lowest BCUT2D eigenvalue weighted by atomic mass is 9.54. The molecule has 0 radical (unpaired) electrons. The molecule has 0 aliphatic heterocycles. The summed E-state index contributed by atoms with van der Waals surface area (Å²) >= 11 is 0. The molecule has 0 N–H and O–H groups in total. The monoisotopic (exact) mass is 292 g/mol. The molecule has 1 aromatic rings. The molecule has 3 aliphatic carbocycles. The van der Waals surface area contributed by atoms with Crippen molar-refractivity contribution in [3.8, 4) is 11.8 Å². The van der Waals surface area contributed by atoms with Crippen LogP contribution in [0, 0.1) is 35.0 Å². The molecule has 1 aromatic carbocycles. The van der Waals surface area contributed by atoms with Gasteiger partial charge in [0.05, 0.1) is 0 Å². The predicted molar refractivity (Wildman–Crippen MR) is 92.8 cm³/mol. The zero-order valence-corrected chi connectivity index (χ0v) is 14.3. The van der Waals surface area contributed by atoms with Crippen molar-refractivity contribution >= 4 is 0 Å². The summed E-state index contributed by atoms with van der Waals surface area (Å²) in [4.78, 5) is 0. The summed E-state index contributed by atoms with van der Waals surface area (Å²) in [5.41, 5.74) is 5.10. The standard InChI is InChI=1S/C22H28/c1-4-5-16-7-8-17-9-10-19-18(20(17)14-16)12-13-22(3)15(2)6-11-21(19)22/h7-8,14-15,18-19,21H,6,9-13H2,1-3H3. The van der Waals surface area contributed by atoms with Gasteiger partial charge in [0.15, 0.2) is 0 Å². The highest BCUT2D eigenvalue weighted by Crippen LogP contribution is 2.62. The topological polar surface area (TPSA) is 0 Å². The first-order valence-electron chi connectivity index (χ1n) is 9.19. The Labute approximate surface area is 135 Å². The van der Waals surface area contributed by atoms with E-state index in [1.54, 1.807) is 11.1 Å². The number of fused-ring (bicyclic) bond motifs is 5. The van der Waals surface area contributed by atoms with Crippen LogP contribution in [0.1, 0.15) is 75.5 Å². The minimum absolute atomic E-state index is 0.625. The molecule has 5 atom stereocenters. The van der Waals surface area contributed by atoms with Gasteiger partial charge in [-0.1, -0.05) is 25.8 Å². The second kappa shape index (κ2) is 5.16. The first kappa shape index (κ1) is 14.4. The second-order valence-corrected chi connectivity index (χ2v) is 8.23. The Morgan fingerprint density at radius 2 is 2.00 bits per heavy atom. The van der Waals surface area contributed by atoms with Crippen LogP contribution in [0.4, 0.5) is 0 Å². The molecule has 2 fully saturated rings. The van der Waals surface area contributed by atoms with Crippen molar-refractivity contribution in [2.24, 2.45) is 23.2 Å². The Kier molecular flexibility index (Phi) is 3.37. The van der Waals surface area contributed by atoms with Crippen molar-refractivity contribution in [3.05, 3.63) is 34.9 Å². The Morgan fingerprint density at radius 3 is 2.82 bits per heavy atom. The van der Waals surface area contributed by atoms with Gasteiger partial charge < -0.3 is 0 Å². The quantitative estimate of drug-likeness (QED) is 0.550. The summed E-state index contributed by atoms with van der Waals surface area (Å²) in [6.45, 7) is 7.04. The van der Waals surface area contributed by atoms with Crippen molar-refractivity contribution in [2.75, 3.05) is 0 Å². The van der Waals surface area contributed by atoms with Gasteiger partial charge in [-0.15, -0.1) is 5.92 Å². The van der Waals surface area contributed by atoms with E-state index in [2.05, 4.69) is 43.9 Å². The van der Waals surface area contributed by atoms with Gasteiger partial charge in [0.25, 0.3) is 0 Å². The Balaban J connectivity index is 1.71. The predicted octanol–water partition coefficient (Wildman–Crippen LogP) is 5.55. The third kappa shape index (κ3) is 1.98. The van der Waals surface area contributed by atoms with Gasteiger partial charge >= 0.3 is 0 Å². The first-order valence-corrected chi connectivity index (χ1v) is 9.19.